The van der Waals surface area contributed by atoms with Gasteiger partial charge in [-0.25, -0.2) is 0 Å². The van der Waals surface area contributed by atoms with Crippen LogP contribution in [0, 0.1) is 12.8 Å². The van der Waals surface area contributed by atoms with Crippen LogP contribution in [0.25, 0.3) is 0 Å². The lowest BCUT2D eigenvalue weighted by Crippen LogP contribution is -2.27. The lowest BCUT2D eigenvalue weighted by atomic mass is 10.1. The molecule has 1 aromatic carbocycles. The van der Waals surface area contributed by atoms with Gasteiger partial charge in [0.15, 0.2) is 0 Å². The summed E-state index contributed by atoms with van der Waals surface area (Å²) < 4.78 is 5.68. The van der Waals surface area contributed by atoms with Gasteiger partial charge in [-0.1, -0.05) is 12.1 Å². The SMILES string of the molecule is Cc1cccc(OCCNCC2CCSC2)c1. The number of aryl methyl sites for hydroxylation is 1. The summed E-state index contributed by atoms with van der Waals surface area (Å²) in [5.74, 6) is 4.51. The molecule has 2 rings (SSSR count). The molecule has 0 aliphatic carbocycles. The first kappa shape index (κ1) is 12.8. The quantitative estimate of drug-likeness (QED) is 0.786. The molecule has 0 aromatic heterocycles. The maximum Gasteiger partial charge on any atom is 0.119 e. The van der Waals surface area contributed by atoms with Crippen LogP contribution in [-0.4, -0.2) is 31.2 Å². The summed E-state index contributed by atoms with van der Waals surface area (Å²) in [6.45, 7) is 4.92. The van der Waals surface area contributed by atoms with Crippen LogP contribution in [0.15, 0.2) is 24.3 Å². The fourth-order valence-corrected chi connectivity index (χ4v) is 3.28. The molecular weight excluding hydrogens is 230 g/mol. The van der Waals surface area contributed by atoms with Crippen molar-refractivity contribution in [3.63, 3.8) is 0 Å². The number of hydrogen-bond acceptors (Lipinski definition) is 3. The summed E-state index contributed by atoms with van der Waals surface area (Å²) in [5.41, 5.74) is 1.25. The van der Waals surface area contributed by atoms with Crippen molar-refractivity contribution < 1.29 is 4.74 Å². The molecule has 1 aliphatic rings. The number of benzene rings is 1. The molecule has 17 heavy (non-hydrogen) atoms. The predicted octanol–water partition coefficient (Wildman–Crippen LogP) is 2.72. The molecular formula is C14H21NOS. The van der Waals surface area contributed by atoms with E-state index < -0.39 is 0 Å². The Kier molecular flexibility index (Phi) is 5.20. The van der Waals surface area contributed by atoms with Gasteiger partial charge in [-0.05, 0) is 55.0 Å². The number of rotatable bonds is 6. The zero-order valence-electron chi connectivity index (χ0n) is 10.4. The lowest BCUT2D eigenvalue weighted by Gasteiger charge is -2.11. The predicted molar refractivity (Wildman–Crippen MR) is 75.0 cm³/mol. The highest BCUT2D eigenvalue weighted by molar-refractivity contribution is 7.99. The summed E-state index contributed by atoms with van der Waals surface area (Å²) in [4.78, 5) is 0. The van der Waals surface area contributed by atoms with E-state index in [0.717, 1.165) is 31.4 Å². The van der Waals surface area contributed by atoms with E-state index in [2.05, 4.69) is 36.1 Å². The second kappa shape index (κ2) is 6.92. The van der Waals surface area contributed by atoms with Gasteiger partial charge in [0, 0.05) is 6.54 Å². The number of nitrogens with one attached hydrogen (secondary N) is 1. The van der Waals surface area contributed by atoms with Crippen LogP contribution >= 0.6 is 11.8 Å². The minimum absolute atomic E-state index is 0.753. The van der Waals surface area contributed by atoms with Crippen molar-refractivity contribution in [2.24, 2.45) is 5.92 Å². The first-order chi connectivity index (χ1) is 8.34. The van der Waals surface area contributed by atoms with Gasteiger partial charge in [-0.2, -0.15) is 11.8 Å². The van der Waals surface area contributed by atoms with Crippen molar-refractivity contribution in [3.8, 4) is 5.75 Å². The van der Waals surface area contributed by atoms with Crippen LogP contribution < -0.4 is 10.1 Å². The first-order valence-electron chi connectivity index (χ1n) is 6.32. The van der Waals surface area contributed by atoms with Gasteiger partial charge in [-0.3, -0.25) is 0 Å². The summed E-state index contributed by atoms with van der Waals surface area (Å²) in [5, 5.41) is 3.47. The van der Waals surface area contributed by atoms with E-state index in [1.54, 1.807) is 0 Å². The molecule has 1 fully saturated rings. The topological polar surface area (TPSA) is 21.3 Å². The molecule has 1 aliphatic heterocycles. The highest BCUT2D eigenvalue weighted by Crippen LogP contribution is 2.22. The summed E-state index contributed by atoms with van der Waals surface area (Å²) in [6, 6.07) is 8.21. The number of thioether (sulfide) groups is 1. The molecule has 1 aromatic rings. The summed E-state index contributed by atoms with van der Waals surface area (Å²) in [6.07, 6.45) is 1.37. The van der Waals surface area contributed by atoms with Gasteiger partial charge in [-0.15, -0.1) is 0 Å². The Bertz CT molecular complexity index is 337. The Balaban J connectivity index is 1.56. The third-order valence-corrected chi connectivity index (χ3v) is 4.23. The molecule has 0 saturated carbocycles. The van der Waals surface area contributed by atoms with Crippen LogP contribution in [0.5, 0.6) is 5.75 Å². The van der Waals surface area contributed by atoms with E-state index in [1.165, 1.54) is 23.5 Å². The average molecular weight is 251 g/mol. The second-order valence-corrected chi connectivity index (χ2v) is 5.75. The minimum Gasteiger partial charge on any atom is -0.492 e. The van der Waals surface area contributed by atoms with E-state index in [4.69, 9.17) is 4.74 Å². The molecule has 0 spiro atoms. The minimum atomic E-state index is 0.753. The molecule has 1 heterocycles. The van der Waals surface area contributed by atoms with E-state index in [1.807, 2.05) is 12.1 Å². The summed E-state index contributed by atoms with van der Waals surface area (Å²) in [7, 11) is 0. The maximum atomic E-state index is 5.68. The molecule has 1 atom stereocenters. The van der Waals surface area contributed by atoms with E-state index >= 15 is 0 Å². The van der Waals surface area contributed by atoms with Gasteiger partial charge in [0.05, 0.1) is 0 Å². The monoisotopic (exact) mass is 251 g/mol. The van der Waals surface area contributed by atoms with Gasteiger partial charge in [0.25, 0.3) is 0 Å². The zero-order valence-corrected chi connectivity index (χ0v) is 11.3. The van der Waals surface area contributed by atoms with Crippen LogP contribution in [0.4, 0.5) is 0 Å². The van der Waals surface area contributed by atoms with Crippen LogP contribution in [0.2, 0.25) is 0 Å². The molecule has 0 bridgehead atoms. The Morgan fingerprint density at radius 2 is 2.41 bits per heavy atom. The van der Waals surface area contributed by atoms with E-state index in [-0.39, 0.29) is 0 Å². The van der Waals surface area contributed by atoms with Crippen molar-refractivity contribution in [1.82, 2.24) is 5.32 Å². The highest BCUT2D eigenvalue weighted by atomic mass is 32.2. The third-order valence-electron chi connectivity index (χ3n) is 2.99. The molecule has 1 N–H and O–H groups in total. The van der Waals surface area contributed by atoms with Crippen LogP contribution in [0.1, 0.15) is 12.0 Å². The van der Waals surface area contributed by atoms with Crippen molar-refractivity contribution in [1.29, 1.82) is 0 Å². The zero-order chi connectivity index (χ0) is 11.9. The Hall–Kier alpha value is -0.670. The van der Waals surface area contributed by atoms with Gasteiger partial charge < -0.3 is 10.1 Å². The number of hydrogen-bond donors (Lipinski definition) is 1. The second-order valence-electron chi connectivity index (χ2n) is 4.60. The molecule has 1 unspecified atom stereocenters. The molecule has 0 radical (unpaired) electrons. The number of ether oxygens (including phenoxy) is 1. The van der Waals surface area contributed by atoms with Crippen molar-refractivity contribution in [2.75, 3.05) is 31.2 Å². The van der Waals surface area contributed by atoms with Crippen molar-refractivity contribution in [3.05, 3.63) is 29.8 Å². The molecule has 1 saturated heterocycles. The maximum absolute atomic E-state index is 5.68. The third kappa shape index (κ3) is 4.60. The smallest absolute Gasteiger partial charge is 0.119 e. The molecule has 3 heteroatoms. The van der Waals surface area contributed by atoms with Crippen LogP contribution in [0.3, 0.4) is 0 Å². The van der Waals surface area contributed by atoms with E-state index in [0.29, 0.717) is 0 Å². The largest absolute Gasteiger partial charge is 0.492 e. The lowest BCUT2D eigenvalue weighted by molar-refractivity contribution is 0.310. The van der Waals surface area contributed by atoms with Crippen molar-refractivity contribution >= 4 is 11.8 Å². The first-order valence-corrected chi connectivity index (χ1v) is 7.48. The normalized spacial score (nSPS) is 19.5. The summed E-state index contributed by atoms with van der Waals surface area (Å²) >= 11 is 2.07. The highest BCUT2D eigenvalue weighted by Gasteiger charge is 2.14. The fourth-order valence-electron chi connectivity index (χ4n) is 2.00. The van der Waals surface area contributed by atoms with Crippen molar-refractivity contribution in [2.45, 2.75) is 13.3 Å². The van der Waals surface area contributed by atoms with E-state index in [9.17, 15) is 0 Å². The Morgan fingerprint density at radius 3 is 3.18 bits per heavy atom. The Morgan fingerprint density at radius 1 is 1.47 bits per heavy atom. The van der Waals surface area contributed by atoms with Crippen LogP contribution in [-0.2, 0) is 0 Å². The van der Waals surface area contributed by atoms with Gasteiger partial charge >= 0.3 is 0 Å². The molecule has 0 amide bonds. The Labute approximate surface area is 108 Å². The average Bonchev–Trinajstić information content (AvgIpc) is 2.82. The fraction of sp³-hybridized carbons (Fsp3) is 0.571. The van der Waals surface area contributed by atoms with Gasteiger partial charge in [0.1, 0.15) is 12.4 Å². The standard InChI is InChI=1S/C14H21NOS/c1-12-3-2-4-14(9-12)16-7-6-15-10-13-5-8-17-11-13/h2-4,9,13,15H,5-8,10-11H2,1H3. The molecule has 2 nitrogen and oxygen atoms in total. The van der Waals surface area contributed by atoms with Gasteiger partial charge in [0.2, 0.25) is 0 Å². The molecule has 94 valence electrons.